The summed E-state index contributed by atoms with van der Waals surface area (Å²) in [5, 5.41) is 5.17. The summed E-state index contributed by atoms with van der Waals surface area (Å²) in [6, 6.07) is 31.8. The van der Waals surface area contributed by atoms with Gasteiger partial charge in [-0.3, -0.25) is 9.29 Å². The van der Waals surface area contributed by atoms with E-state index in [1.165, 1.54) is 0 Å². The SMILES string of the molecule is C[C@@H]1Cc2cc3c(cc2[C@@H](c2ccc(N[C@H]4CCN(CCCF)C4)cc2)N1CC(F)(F)CO[Si](c1ccccc1)(c1ccccc1)C(C)(C)C)OCO3. The molecule has 0 saturated carbocycles. The van der Waals surface area contributed by atoms with E-state index >= 15 is 8.78 Å². The Bertz CT molecular complexity index is 1780. The molecule has 1 saturated heterocycles. The predicted molar refractivity (Wildman–Crippen MR) is 208 cm³/mol. The fourth-order valence-corrected chi connectivity index (χ4v) is 13.2. The van der Waals surface area contributed by atoms with Crippen LogP contribution in [-0.2, 0) is 10.8 Å². The normalized spacial score (nSPS) is 20.8. The number of hydrogen-bond acceptors (Lipinski definition) is 6. The maximum atomic E-state index is 16.8. The molecule has 282 valence electrons. The fraction of sp³-hybridized carbons (Fsp3) is 0.442. The van der Waals surface area contributed by atoms with Crippen molar-refractivity contribution in [2.45, 2.75) is 76.0 Å². The largest absolute Gasteiger partial charge is 0.454 e. The number of nitrogens with one attached hydrogen (secondary N) is 1. The number of alkyl halides is 3. The molecule has 4 aromatic carbocycles. The molecular weight excluding hydrogens is 692 g/mol. The van der Waals surface area contributed by atoms with Gasteiger partial charge in [-0.1, -0.05) is 93.6 Å². The Kier molecular flexibility index (Phi) is 11.0. The molecule has 0 unspecified atom stereocenters. The summed E-state index contributed by atoms with van der Waals surface area (Å²) >= 11 is 0. The average molecular weight is 744 g/mol. The van der Waals surface area contributed by atoms with Crippen molar-refractivity contribution in [1.29, 1.82) is 0 Å². The number of fused-ring (bicyclic) bond motifs is 2. The van der Waals surface area contributed by atoms with Crippen molar-refractivity contribution in [2.75, 3.05) is 51.6 Å². The fourth-order valence-electron chi connectivity index (χ4n) is 8.64. The number of hydrogen-bond donors (Lipinski definition) is 1. The lowest BCUT2D eigenvalue weighted by Crippen LogP contribution is -2.67. The zero-order valence-electron chi connectivity index (χ0n) is 31.3. The molecule has 0 aromatic heterocycles. The molecule has 6 nitrogen and oxygen atoms in total. The lowest BCUT2D eigenvalue weighted by molar-refractivity contribution is -0.0818. The quantitative estimate of drug-likeness (QED) is 0.141. The van der Waals surface area contributed by atoms with Crippen molar-refractivity contribution in [1.82, 2.24) is 9.80 Å². The van der Waals surface area contributed by atoms with E-state index in [1.807, 2.05) is 96.8 Å². The third-order valence-corrected chi connectivity index (χ3v) is 16.1. The molecule has 0 radical (unpaired) electrons. The van der Waals surface area contributed by atoms with E-state index in [0.717, 1.165) is 58.8 Å². The van der Waals surface area contributed by atoms with Crippen LogP contribution >= 0.6 is 0 Å². The summed E-state index contributed by atoms with van der Waals surface area (Å²) in [7, 11) is -3.18. The number of ether oxygens (including phenoxy) is 2. The highest BCUT2D eigenvalue weighted by atomic mass is 28.4. The van der Waals surface area contributed by atoms with Crippen molar-refractivity contribution >= 4 is 24.4 Å². The summed E-state index contributed by atoms with van der Waals surface area (Å²) in [6.45, 7) is 9.63. The highest BCUT2D eigenvalue weighted by Crippen LogP contribution is 2.46. The third-order valence-electron chi connectivity index (χ3n) is 11.2. The molecule has 3 atom stereocenters. The van der Waals surface area contributed by atoms with Crippen molar-refractivity contribution in [3.8, 4) is 11.5 Å². The monoisotopic (exact) mass is 743 g/mol. The Morgan fingerprint density at radius 2 is 1.53 bits per heavy atom. The van der Waals surface area contributed by atoms with E-state index < -0.39 is 38.5 Å². The van der Waals surface area contributed by atoms with Crippen LogP contribution in [0.3, 0.4) is 0 Å². The van der Waals surface area contributed by atoms with Gasteiger partial charge in [0.2, 0.25) is 6.79 Å². The Balaban J connectivity index is 1.17. The second-order valence-corrected chi connectivity index (χ2v) is 20.2. The van der Waals surface area contributed by atoms with Crippen LogP contribution < -0.4 is 25.2 Å². The predicted octanol–water partition coefficient (Wildman–Crippen LogP) is 7.81. The van der Waals surface area contributed by atoms with Gasteiger partial charge in [0.1, 0.15) is 0 Å². The van der Waals surface area contributed by atoms with Gasteiger partial charge in [0, 0.05) is 37.4 Å². The van der Waals surface area contributed by atoms with Crippen LogP contribution in [0.15, 0.2) is 97.1 Å². The number of likely N-dealkylation sites (tertiary alicyclic amines) is 1. The van der Waals surface area contributed by atoms with E-state index in [0.29, 0.717) is 24.3 Å². The number of benzene rings is 4. The Hall–Kier alpha value is -3.83. The summed E-state index contributed by atoms with van der Waals surface area (Å²) in [5.41, 5.74) is 3.95. The molecule has 3 heterocycles. The molecule has 0 aliphatic carbocycles. The minimum Gasteiger partial charge on any atom is -0.454 e. The van der Waals surface area contributed by atoms with E-state index in [4.69, 9.17) is 13.9 Å². The van der Waals surface area contributed by atoms with Gasteiger partial charge >= 0.3 is 0 Å². The minimum atomic E-state index is -3.18. The molecular formula is C43H52F3N3O3Si. The minimum absolute atomic E-state index is 0.145. The van der Waals surface area contributed by atoms with Crippen LogP contribution in [-0.4, -0.2) is 82.4 Å². The summed E-state index contributed by atoms with van der Waals surface area (Å²) in [5.74, 6) is -1.82. The number of rotatable bonds is 13. The van der Waals surface area contributed by atoms with E-state index in [2.05, 4.69) is 43.1 Å². The molecule has 10 heteroatoms. The first-order valence-electron chi connectivity index (χ1n) is 18.9. The summed E-state index contributed by atoms with van der Waals surface area (Å²) < 4.78 is 64.6. The van der Waals surface area contributed by atoms with Gasteiger partial charge in [0.15, 0.2) is 11.5 Å². The topological polar surface area (TPSA) is 46.2 Å². The molecule has 53 heavy (non-hydrogen) atoms. The molecule has 0 amide bonds. The van der Waals surface area contributed by atoms with Crippen LogP contribution in [0.2, 0.25) is 5.04 Å². The van der Waals surface area contributed by atoms with E-state index in [-0.39, 0.29) is 25.6 Å². The highest BCUT2D eigenvalue weighted by molar-refractivity contribution is 6.99. The second-order valence-electron chi connectivity index (χ2n) is 15.9. The van der Waals surface area contributed by atoms with Crippen LogP contribution in [0.1, 0.15) is 63.3 Å². The van der Waals surface area contributed by atoms with Gasteiger partial charge in [0.05, 0.1) is 25.9 Å². The highest BCUT2D eigenvalue weighted by Gasteiger charge is 2.52. The molecule has 7 rings (SSSR count). The lowest BCUT2D eigenvalue weighted by atomic mass is 9.84. The smallest absolute Gasteiger partial charge is 0.282 e. The Morgan fingerprint density at radius 1 is 0.887 bits per heavy atom. The van der Waals surface area contributed by atoms with E-state index in [1.54, 1.807) is 0 Å². The van der Waals surface area contributed by atoms with Gasteiger partial charge < -0.3 is 24.1 Å². The summed E-state index contributed by atoms with van der Waals surface area (Å²) in [6.07, 6.45) is 2.16. The third kappa shape index (κ3) is 7.88. The zero-order chi connectivity index (χ0) is 37.2. The molecule has 1 N–H and O–H groups in total. The average Bonchev–Trinajstić information content (AvgIpc) is 3.80. The van der Waals surface area contributed by atoms with Crippen LogP contribution in [0.25, 0.3) is 0 Å². The molecule has 0 spiro atoms. The molecule has 1 fully saturated rings. The summed E-state index contributed by atoms with van der Waals surface area (Å²) in [4.78, 5) is 4.24. The van der Waals surface area contributed by atoms with Gasteiger partial charge in [-0.05, 0) is 82.6 Å². The number of anilines is 1. The van der Waals surface area contributed by atoms with Gasteiger partial charge in [-0.25, -0.2) is 8.78 Å². The second kappa shape index (κ2) is 15.5. The molecule has 4 aromatic rings. The van der Waals surface area contributed by atoms with E-state index in [9.17, 15) is 4.39 Å². The van der Waals surface area contributed by atoms with Crippen molar-refractivity contribution in [3.63, 3.8) is 0 Å². The maximum absolute atomic E-state index is 16.8. The van der Waals surface area contributed by atoms with Gasteiger partial charge in [-0.15, -0.1) is 0 Å². The first kappa shape index (κ1) is 37.5. The van der Waals surface area contributed by atoms with Gasteiger partial charge in [0.25, 0.3) is 14.2 Å². The number of nitrogens with zero attached hydrogens (tertiary/aromatic N) is 2. The van der Waals surface area contributed by atoms with Crippen molar-refractivity contribution in [2.24, 2.45) is 0 Å². The first-order valence-corrected chi connectivity index (χ1v) is 20.8. The van der Waals surface area contributed by atoms with Crippen LogP contribution in [0, 0.1) is 0 Å². The van der Waals surface area contributed by atoms with Crippen LogP contribution in [0.5, 0.6) is 11.5 Å². The van der Waals surface area contributed by atoms with Crippen LogP contribution in [0.4, 0.5) is 18.9 Å². The standard InChI is InChI=1S/C43H52F3N3O3Si/c1-31-24-33-25-39-40(51-30-50-39)26-38(33)41(32-16-18-34(19-17-32)47-35-20-23-48(27-35)22-11-21-44)49(31)28-43(45,46)29-52-53(42(2,3)4,36-12-7-5-8-13-36)37-14-9-6-10-15-37/h5-10,12-19,25-26,31,35,41,47H,11,20-24,27-30H2,1-4H3/t31-,35+,41-/m1/s1. The Labute approximate surface area is 313 Å². The first-order chi connectivity index (χ1) is 25.5. The lowest BCUT2D eigenvalue weighted by Gasteiger charge is -2.46. The van der Waals surface area contributed by atoms with Crippen molar-refractivity contribution in [3.05, 3.63) is 114 Å². The number of halogens is 3. The zero-order valence-corrected chi connectivity index (χ0v) is 32.3. The molecule has 3 aliphatic heterocycles. The molecule has 0 bridgehead atoms. The van der Waals surface area contributed by atoms with Gasteiger partial charge in [-0.2, -0.15) is 0 Å². The molecule has 3 aliphatic rings. The Morgan fingerprint density at radius 3 is 2.15 bits per heavy atom. The van der Waals surface area contributed by atoms with Crippen molar-refractivity contribution < 1.29 is 27.1 Å². The maximum Gasteiger partial charge on any atom is 0.282 e.